The second-order valence-electron chi connectivity index (χ2n) is 5.12. The molecule has 0 aliphatic carbocycles. The van der Waals surface area contributed by atoms with Crippen molar-refractivity contribution in [3.63, 3.8) is 0 Å². The molecule has 1 N–H and O–H groups in total. The van der Waals surface area contributed by atoms with Gasteiger partial charge in [-0.2, -0.15) is 0 Å². The Morgan fingerprint density at radius 3 is 2.85 bits per heavy atom. The van der Waals surface area contributed by atoms with Crippen LogP contribution in [0.5, 0.6) is 5.75 Å². The number of carbonyl (C=O) groups is 2. The number of amides is 2. The SMILES string of the molecule is CCC(C)NC(=O)c1ccc2c(c1)OC(C)C(=O)N2C. The Labute approximate surface area is 118 Å². The predicted molar refractivity (Wildman–Crippen MR) is 77.2 cm³/mol. The molecule has 1 aromatic carbocycles. The normalized spacial score (nSPS) is 19.1. The highest BCUT2D eigenvalue weighted by Crippen LogP contribution is 2.33. The maximum Gasteiger partial charge on any atom is 0.267 e. The highest BCUT2D eigenvalue weighted by atomic mass is 16.5. The Bertz CT molecular complexity index is 542. The van der Waals surface area contributed by atoms with E-state index in [9.17, 15) is 9.59 Å². The minimum atomic E-state index is -0.527. The third-order valence-electron chi connectivity index (χ3n) is 3.56. The predicted octanol–water partition coefficient (Wildman–Crippen LogP) is 1.96. The van der Waals surface area contributed by atoms with Crippen LogP contribution >= 0.6 is 0 Å². The number of benzene rings is 1. The topological polar surface area (TPSA) is 58.6 Å². The van der Waals surface area contributed by atoms with Crippen LogP contribution in [0.4, 0.5) is 5.69 Å². The zero-order valence-corrected chi connectivity index (χ0v) is 12.3. The van der Waals surface area contributed by atoms with Gasteiger partial charge in [0.1, 0.15) is 5.75 Å². The van der Waals surface area contributed by atoms with Gasteiger partial charge in [-0.3, -0.25) is 9.59 Å². The lowest BCUT2D eigenvalue weighted by Gasteiger charge is -2.30. The number of fused-ring (bicyclic) bond motifs is 1. The molecule has 0 bridgehead atoms. The number of hydrogen-bond acceptors (Lipinski definition) is 3. The Morgan fingerprint density at radius 2 is 2.20 bits per heavy atom. The van der Waals surface area contributed by atoms with E-state index in [-0.39, 0.29) is 17.9 Å². The molecule has 5 nitrogen and oxygen atoms in total. The van der Waals surface area contributed by atoms with Crippen LogP contribution in [-0.4, -0.2) is 31.0 Å². The van der Waals surface area contributed by atoms with E-state index in [1.54, 1.807) is 37.1 Å². The Hall–Kier alpha value is -2.04. The fourth-order valence-corrected chi connectivity index (χ4v) is 2.07. The summed E-state index contributed by atoms with van der Waals surface area (Å²) in [5.41, 5.74) is 1.23. The van der Waals surface area contributed by atoms with Crippen molar-refractivity contribution in [1.82, 2.24) is 5.32 Å². The Morgan fingerprint density at radius 1 is 1.50 bits per heavy atom. The van der Waals surface area contributed by atoms with Crippen LogP contribution in [-0.2, 0) is 4.79 Å². The van der Waals surface area contributed by atoms with Crippen molar-refractivity contribution in [2.45, 2.75) is 39.3 Å². The fourth-order valence-electron chi connectivity index (χ4n) is 2.07. The monoisotopic (exact) mass is 276 g/mol. The molecular weight excluding hydrogens is 256 g/mol. The van der Waals surface area contributed by atoms with E-state index in [4.69, 9.17) is 4.74 Å². The average molecular weight is 276 g/mol. The number of carbonyl (C=O) groups excluding carboxylic acids is 2. The lowest BCUT2D eigenvalue weighted by Crippen LogP contribution is -2.42. The summed E-state index contributed by atoms with van der Waals surface area (Å²) >= 11 is 0. The Kier molecular flexibility index (Phi) is 3.97. The standard InChI is InChI=1S/C15H20N2O3/c1-5-9(2)16-14(18)11-6-7-12-13(8-11)20-10(3)15(19)17(12)4/h6-10H,5H2,1-4H3,(H,16,18). The number of anilines is 1. The molecule has 1 aromatic rings. The van der Waals surface area contributed by atoms with E-state index >= 15 is 0 Å². The number of hydrogen-bond donors (Lipinski definition) is 1. The van der Waals surface area contributed by atoms with Crippen molar-refractivity contribution < 1.29 is 14.3 Å². The van der Waals surface area contributed by atoms with Gasteiger partial charge in [-0.25, -0.2) is 0 Å². The first-order valence-electron chi connectivity index (χ1n) is 6.83. The van der Waals surface area contributed by atoms with Gasteiger partial charge in [0.25, 0.3) is 11.8 Å². The summed E-state index contributed by atoms with van der Waals surface area (Å²) in [6.07, 6.45) is 0.349. The third-order valence-corrected chi connectivity index (χ3v) is 3.56. The second kappa shape index (κ2) is 5.53. The molecule has 108 valence electrons. The minimum absolute atomic E-state index is 0.0886. The van der Waals surface area contributed by atoms with Crippen molar-refractivity contribution in [2.24, 2.45) is 0 Å². The van der Waals surface area contributed by atoms with Gasteiger partial charge in [0.15, 0.2) is 6.10 Å². The molecule has 1 aliphatic rings. The first kappa shape index (κ1) is 14.4. The maximum absolute atomic E-state index is 12.1. The minimum Gasteiger partial charge on any atom is -0.479 e. The summed E-state index contributed by atoms with van der Waals surface area (Å²) in [4.78, 5) is 25.4. The molecule has 1 heterocycles. The highest BCUT2D eigenvalue weighted by molar-refractivity contribution is 6.01. The van der Waals surface area contributed by atoms with E-state index in [1.807, 2.05) is 13.8 Å². The molecule has 1 aliphatic heterocycles. The van der Waals surface area contributed by atoms with Gasteiger partial charge in [0.05, 0.1) is 5.69 Å². The van der Waals surface area contributed by atoms with Crippen molar-refractivity contribution in [3.05, 3.63) is 23.8 Å². The van der Waals surface area contributed by atoms with Gasteiger partial charge in [0, 0.05) is 18.7 Å². The molecule has 0 fully saturated rings. The largest absolute Gasteiger partial charge is 0.479 e. The molecule has 0 aromatic heterocycles. The van der Waals surface area contributed by atoms with E-state index in [0.717, 1.165) is 6.42 Å². The smallest absolute Gasteiger partial charge is 0.267 e. The molecule has 5 heteroatoms. The second-order valence-corrected chi connectivity index (χ2v) is 5.12. The molecule has 2 amide bonds. The number of nitrogens with one attached hydrogen (secondary N) is 1. The number of likely N-dealkylation sites (N-methyl/N-ethyl adjacent to an activating group) is 1. The Balaban J connectivity index is 2.26. The van der Waals surface area contributed by atoms with Crippen LogP contribution < -0.4 is 15.0 Å². The fraction of sp³-hybridized carbons (Fsp3) is 0.467. The molecule has 0 spiro atoms. The number of rotatable bonds is 3. The zero-order chi connectivity index (χ0) is 14.9. The summed E-state index contributed by atoms with van der Waals surface area (Å²) in [5, 5.41) is 2.91. The highest BCUT2D eigenvalue weighted by Gasteiger charge is 2.29. The van der Waals surface area contributed by atoms with Crippen molar-refractivity contribution in [2.75, 3.05) is 11.9 Å². The quantitative estimate of drug-likeness (QED) is 0.918. The van der Waals surface area contributed by atoms with E-state index in [1.165, 1.54) is 0 Å². The summed E-state index contributed by atoms with van der Waals surface area (Å²) in [6.45, 7) is 5.68. The van der Waals surface area contributed by atoms with Gasteiger partial charge >= 0.3 is 0 Å². The molecule has 0 saturated heterocycles. The first-order chi connectivity index (χ1) is 9.43. The van der Waals surface area contributed by atoms with E-state index in [0.29, 0.717) is 17.0 Å². The van der Waals surface area contributed by atoms with Crippen molar-refractivity contribution >= 4 is 17.5 Å². The van der Waals surface area contributed by atoms with Crippen LogP contribution in [0.2, 0.25) is 0 Å². The van der Waals surface area contributed by atoms with Gasteiger partial charge < -0.3 is 15.0 Å². The van der Waals surface area contributed by atoms with Gasteiger partial charge in [0.2, 0.25) is 0 Å². The van der Waals surface area contributed by atoms with E-state index in [2.05, 4.69) is 5.32 Å². The van der Waals surface area contributed by atoms with Crippen molar-refractivity contribution in [1.29, 1.82) is 0 Å². The molecule has 2 rings (SSSR count). The summed E-state index contributed by atoms with van der Waals surface area (Å²) < 4.78 is 5.57. The molecule has 20 heavy (non-hydrogen) atoms. The van der Waals surface area contributed by atoms with E-state index < -0.39 is 6.10 Å². The van der Waals surface area contributed by atoms with Gasteiger partial charge in [-0.05, 0) is 38.5 Å². The summed E-state index contributed by atoms with van der Waals surface area (Å²) in [5.74, 6) is 0.351. The molecule has 2 atom stereocenters. The molecule has 0 radical (unpaired) electrons. The maximum atomic E-state index is 12.1. The molecule has 0 saturated carbocycles. The number of nitrogens with zero attached hydrogens (tertiary/aromatic N) is 1. The average Bonchev–Trinajstić information content (AvgIpc) is 2.44. The van der Waals surface area contributed by atoms with Crippen LogP contribution in [0.15, 0.2) is 18.2 Å². The summed E-state index contributed by atoms with van der Waals surface area (Å²) in [6, 6.07) is 5.26. The zero-order valence-electron chi connectivity index (χ0n) is 12.3. The van der Waals surface area contributed by atoms with Crippen LogP contribution in [0, 0.1) is 0 Å². The number of ether oxygens (including phenoxy) is 1. The van der Waals surface area contributed by atoms with Crippen LogP contribution in [0.25, 0.3) is 0 Å². The molecular formula is C15H20N2O3. The first-order valence-corrected chi connectivity index (χ1v) is 6.83. The molecule has 2 unspecified atom stereocenters. The van der Waals surface area contributed by atoms with Gasteiger partial charge in [-0.15, -0.1) is 0 Å². The third kappa shape index (κ3) is 2.61. The van der Waals surface area contributed by atoms with Crippen LogP contribution in [0.3, 0.4) is 0 Å². The van der Waals surface area contributed by atoms with Crippen molar-refractivity contribution in [3.8, 4) is 5.75 Å². The van der Waals surface area contributed by atoms with Crippen LogP contribution in [0.1, 0.15) is 37.6 Å². The van der Waals surface area contributed by atoms with Gasteiger partial charge in [-0.1, -0.05) is 6.92 Å². The summed E-state index contributed by atoms with van der Waals surface area (Å²) in [7, 11) is 1.71. The lowest BCUT2D eigenvalue weighted by molar-refractivity contribution is -0.125. The lowest BCUT2D eigenvalue weighted by atomic mass is 10.1.